The van der Waals surface area contributed by atoms with Crippen molar-refractivity contribution in [3.05, 3.63) is 36.0 Å². The van der Waals surface area contributed by atoms with Gasteiger partial charge in [-0.1, -0.05) is 26.2 Å². The minimum Gasteiger partial charge on any atom is -0.350 e. The predicted molar refractivity (Wildman–Crippen MR) is 92.0 cm³/mol. The lowest BCUT2D eigenvalue weighted by atomic mass is 9.79. The highest BCUT2D eigenvalue weighted by Gasteiger charge is 2.25. The normalized spacial score (nSPS) is 21.1. The van der Waals surface area contributed by atoms with Gasteiger partial charge in [0.2, 0.25) is 5.91 Å². The number of carbonyl (C=O) groups is 1. The van der Waals surface area contributed by atoms with Gasteiger partial charge in [-0.05, 0) is 43.7 Å². The maximum Gasteiger partial charge on any atom is 0.223 e. The second kappa shape index (κ2) is 7.77. The number of amides is 1. The summed E-state index contributed by atoms with van der Waals surface area (Å²) in [5, 5.41) is 2.99. The Hall–Kier alpha value is -1.91. The highest BCUT2D eigenvalue weighted by Crippen LogP contribution is 2.32. The lowest BCUT2D eigenvalue weighted by Crippen LogP contribution is -2.32. The van der Waals surface area contributed by atoms with E-state index in [1.807, 2.05) is 0 Å². The second-order valence-corrected chi connectivity index (χ2v) is 6.92. The largest absolute Gasteiger partial charge is 0.350 e. The Morgan fingerprint density at radius 2 is 2.08 bits per heavy atom. The Morgan fingerprint density at radius 1 is 1.29 bits per heavy atom. The Labute approximate surface area is 142 Å². The summed E-state index contributed by atoms with van der Waals surface area (Å²) in [6.07, 6.45) is 11.4. The summed E-state index contributed by atoms with van der Waals surface area (Å²) >= 11 is 0. The first kappa shape index (κ1) is 16.9. The van der Waals surface area contributed by atoms with Gasteiger partial charge in [0.05, 0.1) is 12.2 Å². The molecule has 1 fully saturated rings. The van der Waals surface area contributed by atoms with Crippen molar-refractivity contribution in [2.45, 2.75) is 58.4 Å². The van der Waals surface area contributed by atoms with Gasteiger partial charge in [-0.15, -0.1) is 0 Å². The number of carbonyl (C=O) groups excluding carboxylic acids is 1. The van der Waals surface area contributed by atoms with Gasteiger partial charge in [-0.25, -0.2) is 9.37 Å². The zero-order chi connectivity index (χ0) is 16.9. The molecule has 1 aliphatic rings. The Balaban J connectivity index is 1.48. The molecular weight excluding hydrogens is 305 g/mol. The molecule has 2 heterocycles. The van der Waals surface area contributed by atoms with Crippen LogP contribution in [-0.4, -0.2) is 15.3 Å². The first-order valence-corrected chi connectivity index (χ1v) is 9.06. The van der Waals surface area contributed by atoms with E-state index in [1.54, 1.807) is 16.7 Å². The number of nitrogens with one attached hydrogen (secondary N) is 1. The van der Waals surface area contributed by atoms with Crippen molar-refractivity contribution in [1.82, 2.24) is 14.7 Å². The summed E-state index contributed by atoms with van der Waals surface area (Å²) in [7, 11) is 0. The number of pyridine rings is 1. The molecule has 1 saturated carbocycles. The molecule has 0 spiro atoms. The number of aromatic nitrogens is 2. The van der Waals surface area contributed by atoms with Crippen LogP contribution >= 0.6 is 0 Å². The van der Waals surface area contributed by atoms with E-state index >= 15 is 0 Å². The fraction of sp³-hybridized carbons (Fsp3) is 0.579. The topological polar surface area (TPSA) is 46.4 Å². The first-order valence-electron chi connectivity index (χ1n) is 9.06. The maximum atomic E-state index is 13.2. The molecule has 0 aromatic carbocycles. The third kappa shape index (κ3) is 4.13. The Morgan fingerprint density at radius 3 is 2.83 bits per heavy atom. The van der Waals surface area contributed by atoms with Gasteiger partial charge in [-0.2, -0.15) is 0 Å². The third-order valence-corrected chi connectivity index (χ3v) is 5.09. The van der Waals surface area contributed by atoms with Crippen molar-refractivity contribution in [3.8, 4) is 0 Å². The van der Waals surface area contributed by atoms with Crippen LogP contribution in [0.5, 0.6) is 0 Å². The molecule has 2 aromatic rings. The zero-order valence-electron chi connectivity index (χ0n) is 14.3. The van der Waals surface area contributed by atoms with Crippen LogP contribution in [0.25, 0.3) is 5.65 Å². The molecule has 2 aromatic heterocycles. The van der Waals surface area contributed by atoms with E-state index in [0.29, 0.717) is 12.2 Å². The van der Waals surface area contributed by atoms with Crippen molar-refractivity contribution in [3.63, 3.8) is 0 Å². The fourth-order valence-electron chi connectivity index (χ4n) is 3.63. The van der Waals surface area contributed by atoms with Crippen molar-refractivity contribution in [1.29, 1.82) is 0 Å². The van der Waals surface area contributed by atoms with Crippen molar-refractivity contribution < 1.29 is 9.18 Å². The number of unbranched alkanes of at least 4 members (excludes halogenated alkanes) is 1. The molecule has 5 heteroatoms. The van der Waals surface area contributed by atoms with E-state index in [1.165, 1.54) is 44.4 Å². The molecular formula is C19H26FN3O. The third-order valence-electron chi connectivity index (χ3n) is 5.09. The molecule has 0 saturated heterocycles. The van der Waals surface area contributed by atoms with Crippen LogP contribution in [0.3, 0.4) is 0 Å². The van der Waals surface area contributed by atoms with Gasteiger partial charge in [0, 0.05) is 18.3 Å². The summed E-state index contributed by atoms with van der Waals surface area (Å²) in [6, 6.07) is 3.03. The lowest BCUT2D eigenvalue weighted by Gasteiger charge is -2.27. The number of imidazole rings is 1. The van der Waals surface area contributed by atoms with Gasteiger partial charge in [-0.3, -0.25) is 4.79 Å². The second-order valence-electron chi connectivity index (χ2n) is 6.92. The summed E-state index contributed by atoms with van der Waals surface area (Å²) in [5.74, 6) is 0.780. The summed E-state index contributed by atoms with van der Waals surface area (Å²) in [6.45, 7) is 2.63. The molecule has 4 nitrogen and oxygen atoms in total. The fourth-order valence-corrected chi connectivity index (χ4v) is 3.63. The maximum absolute atomic E-state index is 13.2. The van der Waals surface area contributed by atoms with Crippen LogP contribution in [0, 0.1) is 17.7 Å². The Kier molecular flexibility index (Phi) is 5.48. The highest BCUT2D eigenvalue weighted by atomic mass is 19.1. The molecule has 1 aliphatic carbocycles. The number of rotatable bonds is 6. The first-order chi connectivity index (χ1) is 11.7. The number of hydrogen-bond acceptors (Lipinski definition) is 2. The van der Waals surface area contributed by atoms with Crippen molar-refractivity contribution >= 4 is 11.6 Å². The molecule has 0 bridgehead atoms. The molecule has 130 valence electrons. The molecule has 0 aliphatic heterocycles. The average molecular weight is 331 g/mol. The van der Waals surface area contributed by atoms with E-state index in [-0.39, 0.29) is 17.6 Å². The molecule has 0 unspecified atom stereocenters. The van der Waals surface area contributed by atoms with Gasteiger partial charge >= 0.3 is 0 Å². The van der Waals surface area contributed by atoms with E-state index in [0.717, 1.165) is 24.5 Å². The molecule has 0 atom stereocenters. The van der Waals surface area contributed by atoms with Crippen LogP contribution in [0.2, 0.25) is 0 Å². The number of nitrogens with zero attached hydrogens (tertiary/aromatic N) is 2. The van der Waals surface area contributed by atoms with Crippen LogP contribution in [0.1, 0.15) is 57.6 Å². The van der Waals surface area contributed by atoms with Crippen LogP contribution in [0.15, 0.2) is 24.5 Å². The zero-order valence-corrected chi connectivity index (χ0v) is 14.3. The van der Waals surface area contributed by atoms with Crippen LogP contribution < -0.4 is 5.32 Å². The lowest BCUT2D eigenvalue weighted by molar-refractivity contribution is -0.126. The number of fused-ring (bicyclic) bond motifs is 1. The van der Waals surface area contributed by atoms with Crippen molar-refractivity contribution in [2.75, 3.05) is 0 Å². The highest BCUT2D eigenvalue weighted by molar-refractivity contribution is 5.78. The average Bonchev–Trinajstić information content (AvgIpc) is 3.00. The SMILES string of the molecule is CCCCC1CCC(C(=O)NCc2cn3cc(F)ccc3n2)CC1. The molecule has 3 rings (SSSR count). The van der Waals surface area contributed by atoms with E-state index in [9.17, 15) is 9.18 Å². The summed E-state index contributed by atoms with van der Waals surface area (Å²) < 4.78 is 14.8. The van der Waals surface area contributed by atoms with Gasteiger partial charge in [0.15, 0.2) is 0 Å². The summed E-state index contributed by atoms with van der Waals surface area (Å²) in [5.41, 5.74) is 1.45. The smallest absolute Gasteiger partial charge is 0.223 e. The minimum atomic E-state index is -0.296. The van der Waals surface area contributed by atoms with Crippen molar-refractivity contribution in [2.24, 2.45) is 11.8 Å². The van der Waals surface area contributed by atoms with Crippen LogP contribution in [0.4, 0.5) is 4.39 Å². The van der Waals surface area contributed by atoms with Gasteiger partial charge in [0.25, 0.3) is 0 Å². The monoisotopic (exact) mass is 331 g/mol. The van der Waals surface area contributed by atoms with E-state index < -0.39 is 0 Å². The number of hydrogen-bond donors (Lipinski definition) is 1. The molecule has 0 radical (unpaired) electrons. The molecule has 24 heavy (non-hydrogen) atoms. The summed E-state index contributed by atoms with van der Waals surface area (Å²) in [4.78, 5) is 16.8. The predicted octanol–water partition coefficient (Wildman–Crippen LogP) is 4.09. The molecule has 1 amide bonds. The van der Waals surface area contributed by atoms with Crippen LogP contribution in [-0.2, 0) is 11.3 Å². The van der Waals surface area contributed by atoms with Gasteiger partial charge in [0.1, 0.15) is 11.5 Å². The minimum absolute atomic E-state index is 0.132. The van der Waals surface area contributed by atoms with E-state index in [2.05, 4.69) is 17.2 Å². The molecule has 1 N–H and O–H groups in total. The quantitative estimate of drug-likeness (QED) is 0.867. The van der Waals surface area contributed by atoms with Gasteiger partial charge < -0.3 is 9.72 Å². The Bertz CT molecular complexity index is 689. The standard InChI is InChI=1S/C19H26FN3O/c1-2-3-4-14-5-7-15(8-6-14)19(24)21-11-17-13-23-12-16(20)9-10-18(23)22-17/h9-10,12-15H,2-8,11H2,1H3,(H,21,24). The number of halogens is 1. The van der Waals surface area contributed by atoms with E-state index in [4.69, 9.17) is 0 Å².